The second kappa shape index (κ2) is 7.49. The van der Waals surface area contributed by atoms with Gasteiger partial charge < -0.3 is 10.2 Å². The van der Waals surface area contributed by atoms with Crippen LogP contribution in [0.25, 0.3) is 16.9 Å². The van der Waals surface area contributed by atoms with Crippen molar-refractivity contribution in [2.45, 2.75) is 27.7 Å². The van der Waals surface area contributed by atoms with Crippen LogP contribution in [0.4, 0.5) is 5.82 Å². The van der Waals surface area contributed by atoms with Crippen molar-refractivity contribution in [3.05, 3.63) is 46.6 Å². The third-order valence-electron chi connectivity index (χ3n) is 4.70. The number of halogens is 1. The Morgan fingerprint density at radius 3 is 2.44 bits per heavy atom. The zero-order valence-electron chi connectivity index (χ0n) is 17.0. The molecule has 0 aliphatic carbocycles. The first-order valence-corrected chi connectivity index (χ1v) is 9.56. The molecular weight excluding hydrogens is 358 g/mol. The molecule has 0 saturated heterocycles. The molecule has 0 aliphatic heterocycles. The number of nitrogens with one attached hydrogen (secondary N) is 1. The van der Waals surface area contributed by atoms with Crippen molar-refractivity contribution < 1.29 is 0 Å². The predicted octanol–water partition coefficient (Wildman–Crippen LogP) is 4.67. The molecule has 0 bridgehead atoms. The van der Waals surface area contributed by atoms with Gasteiger partial charge in [-0.1, -0.05) is 37.6 Å². The van der Waals surface area contributed by atoms with Crippen molar-refractivity contribution in [2.75, 3.05) is 32.5 Å². The highest BCUT2D eigenvalue weighted by atomic mass is 35.5. The first-order chi connectivity index (χ1) is 12.7. The van der Waals surface area contributed by atoms with Crippen LogP contribution in [0.15, 0.2) is 30.3 Å². The fraction of sp³-hybridized carbons (Fsp3) is 0.429. The maximum Gasteiger partial charge on any atom is 0.158 e. The minimum Gasteiger partial charge on any atom is -0.369 e. The quantitative estimate of drug-likeness (QED) is 0.669. The van der Waals surface area contributed by atoms with Gasteiger partial charge in [-0.3, -0.25) is 0 Å². The number of fused-ring (bicyclic) bond motifs is 1. The summed E-state index contributed by atoms with van der Waals surface area (Å²) in [4.78, 5) is 6.94. The fourth-order valence-corrected chi connectivity index (χ4v) is 3.53. The SMILES string of the molecule is Cc1nc2cc(-c3ccc(Cl)cc3)nn2c(NCC(C)(C)CN(C)C)c1C. The second-order valence-electron chi connectivity index (χ2n) is 8.23. The lowest BCUT2D eigenvalue weighted by Crippen LogP contribution is -2.35. The highest BCUT2D eigenvalue weighted by Crippen LogP contribution is 2.26. The summed E-state index contributed by atoms with van der Waals surface area (Å²) in [6.07, 6.45) is 0. The monoisotopic (exact) mass is 385 g/mol. The van der Waals surface area contributed by atoms with Crippen LogP contribution >= 0.6 is 11.6 Å². The van der Waals surface area contributed by atoms with E-state index in [1.807, 2.05) is 41.8 Å². The Morgan fingerprint density at radius 1 is 1.15 bits per heavy atom. The van der Waals surface area contributed by atoms with Crippen LogP contribution in [0.2, 0.25) is 5.02 Å². The fourth-order valence-electron chi connectivity index (χ4n) is 3.41. The largest absolute Gasteiger partial charge is 0.369 e. The van der Waals surface area contributed by atoms with E-state index >= 15 is 0 Å². The molecule has 5 nitrogen and oxygen atoms in total. The molecule has 0 radical (unpaired) electrons. The minimum absolute atomic E-state index is 0.131. The zero-order chi connectivity index (χ0) is 19.8. The van der Waals surface area contributed by atoms with Gasteiger partial charge in [0, 0.05) is 41.0 Å². The molecule has 0 spiro atoms. The van der Waals surface area contributed by atoms with Gasteiger partial charge in [-0.15, -0.1) is 0 Å². The van der Waals surface area contributed by atoms with E-state index in [4.69, 9.17) is 21.7 Å². The summed E-state index contributed by atoms with van der Waals surface area (Å²) in [6.45, 7) is 10.5. The number of rotatable bonds is 6. The van der Waals surface area contributed by atoms with Crippen LogP contribution in [0.5, 0.6) is 0 Å². The summed E-state index contributed by atoms with van der Waals surface area (Å²) in [7, 11) is 4.21. The molecule has 2 heterocycles. The molecular formula is C21H28ClN5. The van der Waals surface area contributed by atoms with Crippen molar-refractivity contribution in [1.82, 2.24) is 19.5 Å². The maximum atomic E-state index is 6.01. The number of hydrogen-bond donors (Lipinski definition) is 1. The van der Waals surface area contributed by atoms with Gasteiger partial charge in [-0.25, -0.2) is 4.98 Å². The standard InChI is InChI=1S/C21H28ClN5/c1-14-15(2)24-19-11-18(16-7-9-17(22)10-8-16)25-27(19)20(14)23-12-21(3,4)13-26(5)6/h7-11,23H,12-13H2,1-6H3. The van der Waals surface area contributed by atoms with E-state index in [1.54, 1.807) is 0 Å². The Hall–Kier alpha value is -2.11. The van der Waals surface area contributed by atoms with E-state index in [1.165, 1.54) is 0 Å². The highest BCUT2D eigenvalue weighted by Gasteiger charge is 2.21. The maximum absolute atomic E-state index is 6.01. The van der Waals surface area contributed by atoms with E-state index in [0.717, 1.165) is 52.1 Å². The molecule has 27 heavy (non-hydrogen) atoms. The summed E-state index contributed by atoms with van der Waals surface area (Å²) < 4.78 is 1.91. The summed E-state index contributed by atoms with van der Waals surface area (Å²) in [5.41, 5.74) is 5.02. The molecule has 2 aromatic heterocycles. The lowest BCUT2D eigenvalue weighted by Gasteiger charge is -2.29. The summed E-state index contributed by atoms with van der Waals surface area (Å²) in [5.74, 6) is 1.00. The first kappa shape index (κ1) is 19.6. The Bertz CT molecular complexity index is 941. The first-order valence-electron chi connectivity index (χ1n) is 9.18. The van der Waals surface area contributed by atoms with E-state index in [-0.39, 0.29) is 5.41 Å². The number of anilines is 1. The number of hydrogen-bond acceptors (Lipinski definition) is 4. The molecule has 144 valence electrons. The van der Waals surface area contributed by atoms with Gasteiger partial charge in [0.1, 0.15) is 5.82 Å². The van der Waals surface area contributed by atoms with Gasteiger partial charge in [0.25, 0.3) is 0 Å². The predicted molar refractivity (Wildman–Crippen MR) is 114 cm³/mol. The topological polar surface area (TPSA) is 45.5 Å². The van der Waals surface area contributed by atoms with Crippen LogP contribution in [-0.2, 0) is 0 Å². The molecule has 6 heteroatoms. The summed E-state index contributed by atoms with van der Waals surface area (Å²) >= 11 is 6.01. The molecule has 0 unspecified atom stereocenters. The van der Waals surface area contributed by atoms with Gasteiger partial charge in [-0.2, -0.15) is 9.61 Å². The highest BCUT2D eigenvalue weighted by molar-refractivity contribution is 6.30. The van der Waals surface area contributed by atoms with Crippen LogP contribution < -0.4 is 5.32 Å². The number of aryl methyl sites for hydroxylation is 1. The average Bonchev–Trinajstić information content (AvgIpc) is 2.98. The van der Waals surface area contributed by atoms with Crippen molar-refractivity contribution in [2.24, 2.45) is 5.41 Å². The Kier molecular flexibility index (Phi) is 5.45. The number of benzene rings is 1. The van der Waals surface area contributed by atoms with E-state index in [2.05, 4.69) is 45.1 Å². The average molecular weight is 386 g/mol. The molecule has 0 atom stereocenters. The van der Waals surface area contributed by atoms with Crippen LogP contribution in [-0.4, -0.2) is 46.7 Å². The molecule has 0 aliphatic rings. The van der Waals surface area contributed by atoms with Crippen LogP contribution in [0.1, 0.15) is 25.1 Å². The molecule has 3 rings (SSSR count). The Labute approximate surface area is 166 Å². The zero-order valence-corrected chi connectivity index (χ0v) is 17.7. The summed E-state index contributed by atoms with van der Waals surface area (Å²) in [6, 6.07) is 9.75. The van der Waals surface area contributed by atoms with Crippen molar-refractivity contribution in [3.8, 4) is 11.3 Å². The van der Waals surface area contributed by atoms with Gasteiger partial charge in [0.2, 0.25) is 0 Å². The van der Waals surface area contributed by atoms with E-state index in [0.29, 0.717) is 0 Å². The van der Waals surface area contributed by atoms with Gasteiger partial charge in [-0.05, 0) is 45.5 Å². The molecule has 1 aromatic carbocycles. The van der Waals surface area contributed by atoms with Crippen molar-refractivity contribution in [3.63, 3.8) is 0 Å². The molecule has 0 saturated carbocycles. The van der Waals surface area contributed by atoms with E-state index in [9.17, 15) is 0 Å². The molecule has 1 N–H and O–H groups in total. The van der Waals surface area contributed by atoms with Crippen LogP contribution in [0.3, 0.4) is 0 Å². The Morgan fingerprint density at radius 2 is 1.81 bits per heavy atom. The lowest BCUT2D eigenvalue weighted by atomic mass is 9.93. The lowest BCUT2D eigenvalue weighted by molar-refractivity contribution is 0.254. The van der Waals surface area contributed by atoms with Gasteiger partial charge >= 0.3 is 0 Å². The second-order valence-corrected chi connectivity index (χ2v) is 8.67. The normalized spacial score (nSPS) is 12.1. The van der Waals surface area contributed by atoms with Gasteiger partial charge in [0.15, 0.2) is 5.65 Å². The third-order valence-corrected chi connectivity index (χ3v) is 4.95. The van der Waals surface area contributed by atoms with E-state index < -0.39 is 0 Å². The molecule has 0 fully saturated rings. The summed E-state index contributed by atoms with van der Waals surface area (Å²) in [5, 5.41) is 9.16. The number of aromatic nitrogens is 3. The smallest absolute Gasteiger partial charge is 0.158 e. The minimum atomic E-state index is 0.131. The van der Waals surface area contributed by atoms with Crippen LogP contribution in [0, 0.1) is 19.3 Å². The molecule has 0 amide bonds. The van der Waals surface area contributed by atoms with Gasteiger partial charge in [0.05, 0.1) is 5.69 Å². The Balaban J connectivity index is 1.98. The van der Waals surface area contributed by atoms with Crippen molar-refractivity contribution >= 4 is 23.1 Å². The third kappa shape index (κ3) is 4.42. The van der Waals surface area contributed by atoms with Crippen molar-refractivity contribution in [1.29, 1.82) is 0 Å². The molecule has 3 aromatic rings. The number of nitrogens with zero attached hydrogens (tertiary/aromatic N) is 4.